The van der Waals surface area contributed by atoms with Crippen LogP contribution in [0.2, 0.25) is 6.32 Å². The van der Waals surface area contributed by atoms with Crippen molar-refractivity contribution in [3.8, 4) is 11.5 Å². The molecular formula is C23H30BBrO4. The molecule has 0 amide bonds. The summed E-state index contributed by atoms with van der Waals surface area (Å²) in [5.41, 5.74) is 1.80. The van der Waals surface area contributed by atoms with Gasteiger partial charge in [0, 0.05) is 4.47 Å². The first kappa shape index (κ1) is 22.2. The molecule has 1 aliphatic rings. The Balaban J connectivity index is 1.86. The molecule has 0 N–H and O–H groups in total. The van der Waals surface area contributed by atoms with Gasteiger partial charge in [-0.2, -0.15) is 0 Å². The van der Waals surface area contributed by atoms with E-state index in [-0.39, 0.29) is 24.2 Å². The van der Waals surface area contributed by atoms with Crippen molar-refractivity contribution in [2.24, 2.45) is 0 Å². The van der Waals surface area contributed by atoms with Crippen molar-refractivity contribution in [2.75, 3.05) is 14.2 Å². The molecule has 1 atom stereocenters. The summed E-state index contributed by atoms with van der Waals surface area (Å²) in [7, 11) is 3.12. The minimum absolute atomic E-state index is 0.236. The highest BCUT2D eigenvalue weighted by molar-refractivity contribution is 9.10. The molecule has 2 aromatic carbocycles. The van der Waals surface area contributed by atoms with Gasteiger partial charge >= 0.3 is 7.12 Å². The average molecular weight is 461 g/mol. The summed E-state index contributed by atoms with van der Waals surface area (Å²) in [4.78, 5) is 0. The summed E-state index contributed by atoms with van der Waals surface area (Å²) in [5, 5.41) is 0. The van der Waals surface area contributed by atoms with Gasteiger partial charge < -0.3 is 18.8 Å². The number of hydrogen-bond donors (Lipinski definition) is 0. The molecule has 1 fully saturated rings. The number of benzene rings is 2. The highest BCUT2D eigenvalue weighted by Gasteiger charge is 2.51. The topological polar surface area (TPSA) is 36.9 Å². The number of methoxy groups -OCH3 is 2. The second-order valence-electron chi connectivity index (χ2n) is 8.55. The van der Waals surface area contributed by atoms with Gasteiger partial charge in [-0.1, -0.05) is 34.1 Å². The molecule has 1 unspecified atom stereocenters. The first-order valence-electron chi connectivity index (χ1n) is 9.97. The minimum atomic E-state index is -0.331. The van der Waals surface area contributed by atoms with Crippen LogP contribution in [-0.2, 0) is 15.7 Å². The summed E-state index contributed by atoms with van der Waals surface area (Å²) >= 11 is 3.70. The zero-order valence-electron chi connectivity index (χ0n) is 18.1. The number of rotatable bonds is 7. The molecule has 0 spiro atoms. The van der Waals surface area contributed by atoms with E-state index in [1.165, 1.54) is 11.1 Å². The minimum Gasteiger partial charge on any atom is -0.497 e. The second kappa shape index (κ2) is 8.70. The molecule has 0 aliphatic carbocycles. The van der Waals surface area contributed by atoms with Crippen molar-refractivity contribution in [1.82, 2.24) is 0 Å². The maximum Gasteiger partial charge on any atom is 0.458 e. The van der Waals surface area contributed by atoms with E-state index in [9.17, 15) is 0 Å². The van der Waals surface area contributed by atoms with Crippen LogP contribution < -0.4 is 9.47 Å². The Morgan fingerprint density at radius 2 is 1.45 bits per heavy atom. The standard InChI is InChI=1S/C23H30BBrO4/c1-22(2)23(3,4)29-24(28-22)15-18(16-7-10-19(26-5)11-8-16)13-17-9-12-20(27-6)14-21(17)25/h7-12,14,18H,13,15H2,1-6H3. The van der Waals surface area contributed by atoms with Crippen molar-refractivity contribution in [3.05, 3.63) is 58.1 Å². The molecule has 156 valence electrons. The zero-order chi connectivity index (χ0) is 21.2. The normalized spacial score (nSPS) is 18.5. The van der Waals surface area contributed by atoms with E-state index in [0.717, 1.165) is 28.7 Å². The van der Waals surface area contributed by atoms with Crippen LogP contribution in [0.25, 0.3) is 0 Å². The van der Waals surface area contributed by atoms with E-state index in [0.29, 0.717) is 0 Å². The number of halogens is 1. The molecular weight excluding hydrogens is 431 g/mol. The molecule has 0 radical (unpaired) electrons. The third-order valence-electron chi connectivity index (χ3n) is 6.09. The lowest BCUT2D eigenvalue weighted by molar-refractivity contribution is 0.00578. The van der Waals surface area contributed by atoms with Crippen molar-refractivity contribution in [2.45, 2.75) is 57.6 Å². The molecule has 29 heavy (non-hydrogen) atoms. The predicted octanol–water partition coefficient (Wildman–Crippen LogP) is 5.88. The molecule has 6 heteroatoms. The maximum atomic E-state index is 6.29. The van der Waals surface area contributed by atoms with E-state index in [1.807, 2.05) is 24.3 Å². The van der Waals surface area contributed by atoms with Crippen LogP contribution in [0.4, 0.5) is 0 Å². The molecule has 0 saturated carbocycles. The Morgan fingerprint density at radius 3 is 1.97 bits per heavy atom. The molecule has 4 nitrogen and oxygen atoms in total. The highest BCUT2D eigenvalue weighted by atomic mass is 79.9. The van der Waals surface area contributed by atoms with Gasteiger partial charge in [0.15, 0.2) is 0 Å². The van der Waals surface area contributed by atoms with Crippen LogP contribution in [0.1, 0.15) is 44.7 Å². The monoisotopic (exact) mass is 460 g/mol. The zero-order valence-corrected chi connectivity index (χ0v) is 19.7. The molecule has 1 saturated heterocycles. The lowest BCUT2D eigenvalue weighted by Crippen LogP contribution is -2.41. The lowest BCUT2D eigenvalue weighted by Gasteiger charge is -2.32. The quantitative estimate of drug-likeness (QED) is 0.483. The van der Waals surface area contributed by atoms with Gasteiger partial charge in [0.25, 0.3) is 0 Å². The summed E-state index contributed by atoms with van der Waals surface area (Å²) in [5.74, 6) is 1.93. The van der Waals surface area contributed by atoms with E-state index >= 15 is 0 Å². The summed E-state index contributed by atoms with van der Waals surface area (Å²) in [6, 6.07) is 14.4. The van der Waals surface area contributed by atoms with Gasteiger partial charge in [0.05, 0.1) is 25.4 Å². The fourth-order valence-electron chi connectivity index (χ4n) is 3.59. The predicted molar refractivity (Wildman–Crippen MR) is 121 cm³/mol. The molecule has 2 aromatic rings. The summed E-state index contributed by atoms with van der Waals surface area (Å²) in [6.45, 7) is 8.37. The largest absolute Gasteiger partial charge is 0.497 e. The third kappa shape index (κ3) is 4.98. The van der Waals surface area contributed by atoms with Crippen LogP contribution in [0.5, 0.6) is 11.5 Å². The number of ether oxygens (including phenoxy) is 2. The molecule has 1 heterocycles. The van der Waals surface area contributed by atoms with Crippen LogP contribution in [0.3, 0.4) is 0 Å². The Bertz CT molecular complexity index is 819. The maximum absolute atomic E-state index is 6.29. The molecule has 0 bridgehead atoms. The first-order chi connectivity index (χ1) is 13.6. The Kier molecular flexibility index (Phi) is 6.66. The van der Waals surface area contributed by atoms with Crippen molar-refractivity contribution < 1.29 is 18.8 Å². The fourth-order valence-corrected chi connectivity index (χ4v) is 4.11. The van der Waals surface area contributed by atoms with Crippen LogP contribution >= 0.6 is 15.9 Å². The Labute approximate surface area is 183 Å². The second-order valence-corrected chi connectivity index (χ2v) is 9.41. The molecule has 1 aliphatic heterocycles. The van der Waals surface area contributed by atoms with Crippen molar-refractivity contribution in [1.29, 1.82) is 0 Å². The molecule has 0 aromatic heterocycles. The first-order valence-corrected chi connectivity index (χ1v) is 10.8. The van der Waals surface area contributed by atoms with Gasteiger partial charge in [-0.3, -0.25) is 0 Å². The Hall–Kier alpha value is -1.50. The van der Waals surface area contributed by atoms with Crippen LogP contribution in [0.15, 0.2) is 46.9 Å². The summed E-state index contributed by atoms with van der Waals surface area (Å²) in [6.07, 6.45) is 1.64. The van der Waals surface area contributed by atoms with Gasteiger partial charge in [-0.15, -0.1) is 0 Å². The van der Waals surface area contributed by atoms with Crippen LogP contribution in [0, 0.1) is 0 Å². The third-order valence-corrected chi connectivity index (χ3v) is 6.83. The van der Waals surface area contributed by atoms with E-state index in [4.69, 9.17) is 18.8 Å². The number of hydrogen-bond acceptors (Lipinski definition) is 4. The van der Waals surface area contributed by atoms with Gasteiger partial charge in [-0.05, 0) is 81.7 Å². The van der Waals surface area contributed by atoms with Crippen molar-refractivity contribution in [3.63, 3.8) is 0 Å². The van der Waals surface area contributed by atoms with Gasteiger partial charge in [0.2, 0.25) is 0 Å². The van der Waals surface area contributed by atoms with Gasteiger partial charge in [0.1, 0.15) is 11.5 Å². The van der Waals surface area contributed by atoms with Gasteiger partial charge in [-0.25, -0.2) is 0 Å². The van der Waals surface area contributed by atoms with Crippen LogP contribution in [-0.4, -0.2) is 32.5 Å². The Morgan fingerprint density at radius 1 is 0.897 bits per heavy atom. The molecule has 3 rings (SSSR count). The average Bonchev–Trinajstić information content (AvgIpc) is 2.88. The van der Waals surface area contributed by atoms with E-state index in [1.54, 1.807) is 14.2 Å². The van der Waals surface area contributed by atoms with Crippen molar-refractivity contribution >= 4 is 23.0 Å². The summed E-state index contributed by atoms with van der Waals surface area (Å²) < 4.78 is 24.3. The SMILES string of the molecule is COc1ccc(C(CB2OC(C)(C)C(C)(C)O2)Cc2ccc(OC)cc2Br)cc1. The smallest absolute Gasteiger partial charge is 0.458 e. The fraction of sp³-hybridized carbons (Fsp3) is 0.478. The van der Waals surface area contributed by atoms with E-state index < -0.39 is 0 Å². The lowest BCUT2D eigenvalue weighted by atomic mass is 9.72. The highest BCUT2D eigenvalue weighted by Crippen LogP contribution is 2.41. The van der Waals surface area contributed by atoms with E-state index in [2.05, 4.69) is 61.8 Å².